The molecule has 3 unspecified atom stereocenters. The van der Waals surface area contributed by atoms with Gasteiger partial charge in [0.05, 0.1) is 0 Å². The van der Waals surface area contributed by atoms with Crippen LogP contribution in [-0.2, 0) is 0 Å². The topological polar surface area (TPSA) is 12.0 Å². The smallest absolute Gasteiger partial charge is 0.123 e. The van der Waals surface area contributed by atoms with E-state index < -0.39 is 0 Å². The van der Waals surface area contributed by atoms with Crippen molar-refractivity contribution in [3.05, 3.63) is 70.0 Å². The van der Waals surface area contributed by atoms with Gasteiger partial charge in [-0.2, -0.15) is 0 Å². The van der Waals surface area contributed by atoms with Crippen LogP contribution in [-0.4, -0.2) is 6.54 Å². The number of piperidine rings is 1. The Morgan fingerprint density at radius 1 is 1.10 bits per heavy atom. The lowest BCUT2D eigenvalue weighted by molar-refractivity contribution is 0.286. The number of fused-ring (bicyclic) bond motifs is 3. The maximum absolute atomic E-state index is 13.7. The van der Waals surface area contributed by atoms with Crippen LogP contribution in [0.2, 0.25) is 5.02 Å². The lowest BCUT2D eigenvalue weighted by Crippen LogP contribution is -2.32. The number of nitrogens with one attached hydrogen (secondary N) is 1. The molecule has 2 aliphatic rings. The molecule has 1 saturated heterocycles. The Morgan fingerprint density at radius 2 is 2.00 bits per heavy atom. The van der Waals surface area contributed by atoms with Gasteiger partial charge in [0.25, 0.3) is 0 Å². The van der Waals surface area contributed by atoms with Gasteiger partial charge in [-0.25, -0.2) is 4.39 Å². The summed E-state index contributed by atoms with van der Waals surface area (Å²) in [6.07, 6.45) is 2.35. The summed E-state index contributed by atoms with van der Waals surface area (Å²) in [5, 5.41) is 4.39. The normalized spacial score (nSPS) is 27.2. The van der Waals surface area contributed by atoms with E-state index in [-0.39, 0.29) is 11.7 Å². The van der Waals surface area contributed by atoms with Crippen molar-refractivity contribution in [2.45, 2.75) is 24.8 Å². The van der Waals surface area contributed by atoms with Gasteiger partial charge in [0.2, 0.25) is 0 Å². The highest BCUT2D eigenvalue weighted by atomic mass is 35.5. The molecule has 2 aromatic carbocycles. The van der Waals surface area contributed by atoms with Crippen LogP contribution in [0, 0.1) is 11.7 Å². The van der Waals surface area contributed by atoms with E-state index in [0.29, 0.717) is 12.0 Å². The largest absolute Gasteiger partial charge is 0.310 e. The highest BCUT2D eigenvalue weighted by Crippen LogP contribution is 2.52. The van der Waals surface area contributed by atoms with Crippen LogP contribution in [0.25, 0.3) is 0 Å². The molecular formula is C18H17ClFN. The van der Waals surface area contributed by atoms with Crippen LogP contribution in [0.4, 0.5) is 4.39 Å². The Labute approximate surface area is 129 Å². The van der Waals surface area contributed by atoms with Crippen molar-refractivity contribution in [2.75, 3.05) is 6.54 Å². The first-order valence-electron chi connectivity index (χ1n) is 7.52. The average molecular weight is 302 g/mol. The molecule has 1 nitrogen and oxygen atoms in total. The van der Waals surface area contributed by atoms with Crippen LogP contribution in [0.1, 0.15) is 41.5 Å². The van der Waals surface area contributed by atoms with E-state index in [2.05, 4.69) is 17.4 Å². The van der Waals surface area contributed by atoms with Crippen LogP contribution in [0.3, 0.4) is 0 Å². The molecule has 3 heteroatoms. The summed E-state index contributed by atoms with van der Waals surface area (Å²) in [4.78, 5) is 0. The number of halogens is 2. The van der Waals surface area contributed by atoms with Gasteiger partial charge < -0.3 is 5.32 Å². The van der Waals surface area contributed by atoms with Crippen LogP contribution in [0.15, 0.2) is 42.5 Å². The maximum Gasteiger partial charge on any atom is 0.123 e. The average Bonchev–Trinajstić information content (AvgIpc) is 2.80. The molecule has 4 rings (SSSR count). The summed E-state index contributed by atoms with van der Waals surface area (Å²) >= 11 is 6.21. The van der Waals surface area contributed by atoms with Crippen molar-refractivity contribution < 1.29 is 4.39 Å². The number of rotatable bonds is 1. The molecule has 1 N–H and O–H groups in total. The second-order valence-corrected chi connectivity index (χ2v) is 6.48. The van der Waals surface area contributed by atoms with Crippen molar-refractivity contribution in [2.24, 2.45) is 5.92 Å². The Hall–Kier alpha value is -1.38. The number of benzene rings is 2. The number of hydrogen-bond donors (Lipinski definition) is 1. The molecule has 1 fully saturated rings. The Kier molecular flexibility index (Phi) is 3.24. The van der Waals surface area contributed by atoms with Crippen molar-refractivity contribution in [3.63, 3.8) is 0 Å². The van der Waals surface area contributed by atoms with Gasteiger partial charge in [0.1, 0.15) is 5.82 Å². The molecule has 1 aliphatic carbocycles. The Balaban J connectivity index is 1.87. The van der Waals surface area contributed by atoms with E-state index in [1.807, 2.05) is 12.1 Å². The minimum absolute atomic E-state index is 0.164. The van der Waals surface area contributed by atoms with Crippen molar-refractivity contribution in [1.82, 2.24) is 5.32 Å². The van der Waals surface area contributed by atoms with E-state index in [1.54, 1.807) is 12.1 Å². The van der Waals surface area contributed by atoms with Gasteiger partial charge in [0, 0.05) is 17.0 Å². The first-order chi connectivity index (χ1) is 10.2. The van der Waals surface area contributed by atoms with Gasteiger partial charge >= 0.3 is 0 Å². The number of hydrogen-bond acceptors (Lipinski definition) is 1. The zero-order valence-electron chi connectivity index (χ0n) is 11.7. The van der Waals surface area contributed by atoms with Crippen molar-refractivity contribution >= 4 is 11.6 Å². The predicted octanol–water partition coefficient (Wildman–Crippen LogP) is 4.67. The van der Waals surface area contributed by atoms with Gasteiger partial charge in [-0.1, -0.05) is 29.8 Å². The molecule has 2 aromatic rings. The molecule has 1 heterocycles. The molecular weight excluding hydrogens is 285 g/mol. The molecule has 0 bridgehead atoms. The van der Waals surface area contributed by atoms with Gasteiger partial charge in [0.15, 0.2) is 0 Å². The van der Waals surface area contributed by atoms with Gasteiger partial charge in [-0.3, -0.25) is 0 Å². The highest BCUT2D eigenvalue weighted by molar-refractivity contribution is 6.30. The summed E-state index contributed by atoms with van der Waals surface area (Å²) in [5.41, 5.74) is 3.66. The van der Waals surface area contributed by atoms with Gasteiger partial charge in [-0.05, 0) is 66.3 Å². The zero-order valence-corrected chi connectivity index (χ0v) is 12.4. The van der Waals surface area contributed by atoms with Crippen LogP contribution < -0.4 is 5.32 Å². The first kappa shape index (κ1) is 13.3. The minimum atomic E-state index is -0.164. The third-order valence-electron chi connectivity index (χ3n) is 4.86. The highest BCUT2D eigenvalue weighted by Gasteiger charge is 2.42. The van der Waals surface area contributed by atoms with Gasteiger partial charge in [-0.15, -0.1) is 0 Å². The molecule has 21 heavy (non-hydrogen) atoms. The van der Waals surface area contributed by atoms with Crippen LogP contribution >= 0.6 is 11.6 Å². The molecule has 0 radical (unpaired) electrons. The maximum atomic E-state index is 13.7. The van der Waals surface area contributed by atoms with Crippen molar-refractivity contribution in [1.29, 1.82) is 0 Å². The summed E-state index contributed by atoms with van der Waals surface area (Å²) in [6, 6.07) is 13.6. The second kappa shape index (κ2) is 5.11. The Bertz CT molecular complexity index is 685. The lowest BCUT2D eigenvalue weighted by atomic mass is 9.80. The molecule has 0 spiro atoms. The van der Waals surface area contributed by atoms with E-state index >= 15 is 0 Å². The minimum Gasteiger partial charge on any atom is -0.310 e. The summed E-state index contributed by atoms with van der Waals surface area (Å²) < 4.78 is 13.7. The second-order valence-electron chi connectivity index (χ2n) is 6.04. The van der Waals surface area contributed by atoms with E-state index in [1.165, 1.54) is 30.0 Å². The monoisotopic (exact) mass is 301 g/mol. The van der Waals surface area contributed by atoms with Crippen LogP contribution in [0.5, 0.6) is 0 Å². The summed E-state index contributed by atoms with van der Waals surface area (Å²) in [6.45, 7) is 1.05. The summed E-state index contributed by atoms with van der Waals surface area (Å²) in [7, 11) is 0. The molecule has 3 atom stereocenters. The lowest BCUT2D eigenvalue weighted by Gasteiger charge is -2.31. The standard InChI is InChI=1S/C18H17ClFN/c19-12-6-7-14-16(10-12)17(11-3-1-4-13(20)9-11)15-5-2-8-21-18(14)15/h1,3-4,6-7,9-10,15,17-18,21H,2,5,8H2. The molecule has 0 amide bonds. The third-order valence-corrected chi connectivity index (χ3v) is 5.10. The molecule has 0 saturated carbocycles. The zero-order chi connectivity index (χ0) is 14.4. The fourth-order valence-corrected chi connectivity index (χ4v) is 4.25. The van der Waals surface area contributed by atoms with E-state index in [4.69, 9.17) is 11.6 Å². The Morgan fingerprint density at radius 3 is 2.86 bits per heavy atom. The fourth-order valence-electron chi connectivity index (χ4n) is 4.07. The quantitative estimate of drug-likeness (QED) is 0.807. The fraction of sp³-hybridized carbons (Fsp3) is 0.333. The first-order valence-corrected chi connectivity index (χ1v) is 7.90. The molecule has 0 aromatic heterocycles. The van der Waals surface area contributed by atoms with E-state index in [9.17, 15) is 4.39 Å². The molecule has 108 valence electrons. The van der Waals surface area contributed by atoms with Crippen molar-refractivity contribution in [3.8, 4) is 0 Å². The third kappa shape index (κ3) is 2.18. The SMILES string of the molecule is Fc1cccc(C2c3cc(Cl)ccc3C3NCCCC32)c1. The molecule has 1 aliphatic heterocycles. The summed E-state index contributed by atoms with van der Waals surface area (Å²) in [5.74, 6) is 0.574. The van der Waals surface area contributed by atoms with E-state index in [0.717, 1.165) is 17.1 Å². The predicted molar refractivity (Wildman–Crippen MR) is 83.2 cm³/mol.